The second kappa shape index (κ2) is 7.80. The van der Waals surface area contributed by atoms with Crippen molar-refractivity contribution in [3.8, 4) is 0 Å². The van der Waals surface area contributed by atoms with E-state index >= 15 is 0 Å². The summed E-state index contributed by atoms with van der Waals surface area (Å²) in [4.78, 5) is 36.2. The minimum Gasteiger partial charge on any atom is -0.462 e. The zero-order valence-electron chi connectivity index (χ0n) is 14.7. The van der Waals surface area contributed by atoms with Gasteiger partial charge in [0.1, 0.15) is 10.0 Å². The number of ether oxygens (including phenoxy) is 1. The summed E-state index contributed by atoms with van der Waals surface area (Å²) in [7, 11) is 0.982. The Kier molecular flexibility index (Phi) is 6.04. The smallest absolute Gasteiger partial charge is 0.434 e. The number of hydrogen-bond acceptors (Lipinski definition) is 6. The summed E-state index contributed by atoms with van der Waals surface area (Å²) in [5.74, 6) is -2.77. The second-order valence-corrected chi connectivity index (χ2v) is 6.83. The van der Waals surface area contributed by atoms with E-state index in [9.17, 15) is 27.6 Å². The van der Waals surface area contributed by atoms with Crippen molar-refractivity contribution in [1.82, 2.24) is 9.78 Å². The largest absolute Gasteiger partial charge is 0.462 e. The minimum absolute atomic E-state index is 0.0125. The Bertz CT molecular complexity index is 968. The topological polar surface area (TPSA) is 116 Å². The Morgan fingerprint density at radius 1 is 1.36 bits per heavy atom. The zero-order valence-corrected chi connectivity index (χ0v) is 16.3. The molecule has 3 N–H and O–H groups in total. The van der Waals surface area contributed by atoms with E-state index in [0.717, 1.165) is 7.05 Å². The first-order valence-electron chi connectivity index (χ1n) is 7.61. The van der Waals surface area contributed by atoms with E-state index < -0.39 is 40.4 Å². The van der Waals surface area contributed by atoms with Crippen molar-refractivity contribution in [1.29, 1.82) is 0 Å². The summed E-state index contributed by atoms with van der Waals surface area (Å²) >= 11 is 6.37. The number of rotatable bonds is 5. The summed E-state index contributed by atoms with van der Waals surface area (Å²) in [6.45, 7) is 3.00. The number of anilines is 1. The van der Waals surface area contributed by atoms with E-state index in [1.165, 1.54) is 6.92 Å². The molecule has 0 aromatic carbocycles. The summed E-state index contributed by atoms with van der Waals surface area (Å²) in [5, 5.41) is 4.74. The van der Waals surface area contributed by atoms with Gasteiger partial charge in [-0.05, 0) is 19.4 Å². The van der Waals surface area contributed by atoms with Gasteiger partial charge in [0.15, 0.2) is 11.4 Å². The monoisotopic (exact) mass is 438 g/mol. The van der Waals surface area contributed by atoms with Gasteiger partial charge in [-0.25, -0.2) is 4.79 Å². The number of halogens is 4. The molecule has 28 heavy (non-hydrogen) atoms. The lowest BCUT2D eigenvalue weighted by Crippen LogP contribution is -2.16. The molecular formula is C15H14ClF3N4O4S. The molecule has 2 aromatic heterocycles. The molecule has 0 aliphatic heterocycles. The van der Waals surface area contributed by atoms with E-state index in [4.69, 9.17) is 22.1 Å². The average Bonchev–Trinajstić information content (AvgIpc) is 3.03. The lowest BCUT2D eigenvalue weighted by molar-refractivity contribution is -0.143. The molecule has 0 radical (unpaired) electrons. The summed E-state index contributed by atoms with van der Waals surface area (Å²) < 4.78 is 44.4. The van der Waals surface area contributed by atoms with Gasteiger partial charge in [0.25, 0.3) is 11.8 Å². The highest BCUT2D eigenvalue weighted by Gasteiger charge is 2.40. The SMILES string of the molecule is CCOC(=O)c1c(NC(=O)c2nn(C)c(C(F)(F)F)c2Cl)sc(C(N)=O)c1C. The molecule has 0 aliphatic carbocycles. The molecule has 0 saturated carbocycles. The van der Waals surface area contributed by atoms with Crippen molar-refractivity contribution in [2.24, 2.45) is 12.8 Å². The molecule has 0 saturated heterocycles. The fourth-order valence-corrected chi connectivity index (χ4v) is 3.79. The third-order valence-corrected chi connectivity index (χ3v) is 5.13. The van der Waals surface area contributed by atoms with Gasteiger partial charge in [-0.1, -0.05) is 11.6 Å². The molecule has 0 atom stereocenters. The molecule has 13 heteroatoms. The third-order valence-electron chi connectivity index (χ3n) is 3.55. The van der Waals surface area contributed by atoms with Gasteiger partial charge in [0.2, 0.25) is 0 Å². The number of amides is 2. The first-order valence-corrected chi connectivity index (χ1v) is 8.80. The predicted octanol–water partition coefficient (Wildman–Crippen LogP) is 2.99. The molecule has 0 fully saturated rings. The number of nitrogens with zero attached hydrogens (tertiary/aromatic N) is 2. The van der Waals surface area contributed by atoms with Gasteiger partial charge in [0.05, 0.1) is 17.0 Å². The Balaban J connectivity index is 2.49. The van der Waals surface area contributed by atoms with Crippen LogP contribution in [0.5, 0.6) is 0 Å². The number of carbonyl (C=O) groups is 3. The fourth-order valence-electron chi connectivity index (χ4n) is 2.40. The van der Waals surface area contributed by atoms with Crippen LogP contribution in [-0.2, 0) is 18.0 Å². The normalized spacial score (nSPS) is 11.4. The number of hydrogen-bond donors (Lipinski definition) is 2. The number of carbonyl (C=O) groups excluding carboxylic acids is 3. The number of nitrogens with two attached hydrogens (primary N) is 1. The molecule has 0 unspecified atom stereocenters. The fraction of sp³-hybridized carbons (Fsp3) is 0.333. The van der Waals surface area contributed by atoms with Crippen LogP contribution in [0.25, 0.3) is 0 Å². The minimum atomic E-state index is -4.83. The molecule has 0 spiro atoms. The number of thiophene rings is 1. The summed E-state index contributed by atoms with van der Waals surface area (Å²) in [6.07, 6.45) is -4.83. The van der Waals surface area contributed by atoms with Crippen LogP contribution < -0.4 is 11.1 Å². The third kappa shape index (κ3) is 3.97. The first kappa shape index (κ1) is 21.7. The van der Waals surface area contributed by atoms with Crippen molar-refractivity contribution in [2.75, 3.05) is 11.9 Å². The van der Waals surface area contributed by atoms with Gasteiger partial charge in [0, 0.05) is 7.05 Å². The number of aryl methyl sites for hydroxylation is 1. The van der Waals surface area contributed by atoms with Crippen LogP contribution in [0, 0.1) is 6.92 Å². The summed E-state index contributed by atoms with van der Waals surface area (Å²) in [6, 6.07) is 0. The maximum Gasteiger partial charge on any atom is 0.434 e. The van der Waals surface area contributed by atoms with E-state index in [1.54, 1.807) is 6.92 Å². The van der Waals surface area contributed by atoms with Crippen LogP contribution in [0.1, 0.15) is 48.7 Å². The van der Waals surface area contributed by atoms with Gasteiger partial charge in [-0.3, -0.25) is 14.3 Å². The number of aromatic nitrogens is 2. The maximum atomic E-state index is 13.0. The molecule has 2 amide bonds. The summed E-state index contributed by atoms with van der Waals surface area (Å²) in [5.41, 5.74) is 3.30. The van der Waals surface area contributed by atoms with Crippen molar-refractivity contribution in [2.45, 2.75) is 20.0 Å². The molecule has 8 nitrogen and oxygen atoms in total. The van der Waals surface area contributed by atoms with E-state index in [0.29, 0.717) is 16.0 Å². The van der Waals surface area contributed by atoms with Crippen molar-refractivity contribution < 1.29 is 32.3 Å². The van der Waals surface area contributed by atoms with E-state index in [2.05, 4.69) is 10.4 Å². The number of esters is 1. The van der Waals surface area contributed by atoms with Crippen molar-refractivity contribution in [3.05, 3.63) is 32.4 Å². The molecule has 0 bridgehead atoms. The maximum absolute atomic E-state index is 13.0. The number of nitrogens with one attached hydrogen (secondary N) is 1. The molecule has 152 valence electrons. The molecule has 2 aromatic rings. The average molecular weight is 439 g/mol. The lowest BCUT2D eigenvalue weighted by Gasteiger charge is -2.07. The van der Waals surface area contributed by atoms with E-state index in [1.807, 2.05) is 0 Å². The van der Waals surface area contributed by atoms with Gasteiger partial charge >= 0.3 is 12.1 Å². The van der Waals surface area contributed by atoms with Crippen LogP contribution in [0.15, 0.2) is 0 Å². The molecular weight excluding hydrogens is 425 g/mol. The number of primary amides is 1. The van der Waals surface area contributed by atoms with Crippen molar-refractivity contribution in [3.63, 3.8) is 0 Å². The second-order valence-electron chi connectivity index (χ2n) is 5.43. The first-order chi connectivity index (χ1) is 12.9. The Hall–Kier alpha value is -2.60. The van der Waals surface area contributed by atoms with Gasteiger partial charge in [-0.2, -0.15) is 18.3 Å². The predicted molar refractivity (Wildman–Crippen MR) is 94.7 cm³/mol. The van der Waals surface area contributed by atoms with Crippen LogP contribution in [0.4, 0.5) is 18.2 Å². The Morgan fingerprint density at radius 3 is 2.43 bits per heavy atom. The standard InChI is InChI=1S/C15H14ClF3N4O4S/c1-4-27-14(26)6-5(2)9(11(20)24)28-13(6)21-12(25)8-7(16)10(15(17,18)19)23(3)22-8/h4H2,1-3H3,(H2,20,24)(H,21,25). The van der Waals surface area contributed by atoms with Crippen LogP contribution >= 0.6 is 22.9 Å². The van der Waals surface area contributed by atoms with Gasteiger partial charge in [-0.15, -0.1) is 11.3 Å². The molecule has 0 aliphatic rings. The van der Waals surface area contributed by atoms with E-state index in [-0.39, 0.29) is 27.6 Å². The zero-order chi connectivity index (χ0) is 21.4. The highest BCUT2D eigenvalue weighted by molar-refractivity contribution is 7.18. The quantitative estimate of drug-likeness (QED) is 0.696. The van der Waals surface area contributed by atoms with Crippen LogP contribution in [0.3, 0.4) is 0 Å². The molecule has 2 rings (SSSR count). The lowest BCUT2D eigenvalue weighted by atomic mass is 10.1. The highest BCUT2D eigenvalue weighted by Crippen LogP contribution is 2.37. The van der Waals surface area contributed by atoms with Crippen molar-refractivity contribution >= 4 is 45.7 Å². The van der Waals surface area contributed by atoms with Crippen LogP contribution in [0.2, 0.25) is 5.02 Å². The molecule has 2 heterocycles. The van der Waals surface area contributed by atoms with Gasteiger partial charge < -0.3 is 15.8 Å². The van der Waals surface area contributed by atoms with Crippen LogP contribution in [-0.4, -0.2) is 34.2 Å². The highest BCUT2D eigenvalue weighted by atomic mass is 35.5. The number of alkyl halides is 3. The Morgan fingerprint density at radius 2 is 1.96 bits per heavy atom. The Labute approximate surface area is 165 Å².